The highest BCUT2D eigenvalue weighted by atomic mass is 35.5. The van der Waals surface area contributed by atoms with Gasteiger partial charge in [0.05, 0.1) is 6.07 Å². The first-order chi connectivity index (χ1) is 12.0. The van der Waals surface area contributed by atoms with E-state index in [-0.39, 0.29) is 11.9 Å². The highest BCUT2D eigenvalue weighted by Crippen LogP contribution is 2.34. The Balaban J connectivity index is 1.87. The third-order valence-electron chi connectivity index (χ3n) is 5.20. The molecule has 0 spiro atoms. The second kappa shape index (κ2) is 7.48. The van der Waals surface area contributed by atoms with E-state index in [0.717, 1.165) is 37.3 Å². The van der Waals surface area contributed by atoms with Gasteiger partial charge >= 0.3 is 5.69 Å². The third kappa shape index (κ3) is 3.82. The summed E-state index contributed by atoms with van der Waals surface area (Å²) >= 11 is 5.88. The number of aryl methyl sites for hydroxylation is 1. The fourth-order valence-corrected chi connectivity index (χ4v) is 3.80. The van der Waals surface area contributed by atoms with Gasteiger partial charge in [0.1, 0.15) is 0 Å². The summed E-state index contributed by atoms with van der Waals surface area (Å²) in [6.07, 6.45) is 4.38. The summed E-state index contributed by atoms with van der Waals surface area (Å²) in [5.41, 5.74) is 0.188. The van der Waals surface area contributed by atoms with Gasteiger partial charge in [-0.05, 0) is 49.3 Å². The first-order valence-electron chi connectivity index (χ1n) is 8.79. The minimum atomic E-state index is -0.416. The van der Waals surface area contributed by atoms with Crippen LogP contribution in [-0.4, -0.2) is 14.2 Å². The van der Waals surface area contributed by atoms with Crippen molar-refractivity contribution in [3.05, 3.63) is 61.8 Å². The first kappa shape index (κ1) is 17.8. The molecular formula is C19H23ClN2O3. The maximum absolute atomic E-state index is 12.8. The van der Waals surface area contributed by atoms with Gasteiger partial charge < -0.3 is 5.11 Å². The van der Waals surface area contributed by atoms with Crippen molar-refractivity contribution in [3.8, 4) is 5.88 Å². The van der Waals surface area contributed by atoms with Crippen molar-refractivity contribution < 1.29 is 5.11 Å². The number of benzene rings is 1. The quantitative estimate of drug-likeness (QED) is 0.886. The van der Waals surface area contributed by atoms with E-state index in [1.807, 2.05) is 12.1 Å². The molecule has 3 rings (SSSR count). The summed E-state index contributed by atoms with van der Waals surface area (Å²) in [5, 5.41) is 10.7. The van der Waals surface area contributed by atoms with Crippen molar-refractivity contribution in [2.24, 2.45) is 5.92 Å². The molecule has 134 valence electrons. The lowest BCUT2D eigenvalue weighted by molar-refractivity contribution is 0.369. The van der Waals surface area contributed by atoms with E-state index < -0.39 is 11.2 Å². The molecule has 1 aliphatic carbocycles. The van der Waals surface area contributed by atoms with Crippen molar-refractivity contribution >= 4 is 11.6 Å². The van der Waals surface area contributed by atoms with Crippen LogP contribution in [0.3, 0.4) is 0 Å². The number of aromatic hydroxyl groups is 1. The Hall–Kier alpha value is -2.01. The second-order valence-corrected chi connectivity index (χ2v) is 7.20. The third-order valence-corrected chi connectivity index (χ3v) is 5.45. The highest BCUT2D eigenvalue weighted by Gasteiger charge is 2.27. The zero-order valence-electron chi connectivity index (χ0n) is 14.3. The lowest BCUT2D eigenvalue weighted by Crippen LogP contribution is -2.41. The maximum atomic E-state index is 12.8. The van der Waals surface area contributed by atoms with Gasteiger partial charge in [-0.2, -0.15) is 0 Å². The van der Waals surface area contributed by atoms with Gasteiger partial charge in [-0.15, -0.1) is 0 Å². The Morgan fingerprint density at radius 1 is 1.20 bits per heavy atom. The molecule has 1 saturated carbocycles. The van der Waals surface area contributed by atoms with Crippen LogP contribution in [0.2, 0.25) is 5.02 Å². The first-order valence-corrected chi connectivity index (χ1v) is 9.17. The molecule has 2 atom stereocenters. The fourth-order valence-electron chi connectivity index (χ4n) is 3.67. The zero-order valence-corrected chi connectivity index (χ0v) is 15.1. The van der Waals surface area contributed by atoms with Crippen LogP contribution in [0.15, 0.2) is 39.9 Å². The van der Waals surface area contributed by atoms with Crippen LogP contribution >= 0.6 is 11.6 Å². The normalized spacial score (nSPS) is 20.1. The van der Waals surface area contributed by atoms with E-state index in [2.05, 4.69) is 6.92 Å². The van der Waals surface area contributed by atoms with Crippen molar-refractivity contribution in [1.82, 2.24) is 9.13 Å². The largest absolute Gasteiger partial charge is 0.494 e. The van der Waals surface area contributed by atoms with Crippen LogP contribution in [0, 0.1) is 5.92 Å². The molecule has 1 N–H and O–H groups in total. The lowest BCUT2D eigenvalue weighted by atomic mass is 10.1. The minimum absolute atomic E-state index is 0.0627. The molecule has 6 heteroatoms. The molecule has 0 radical (unpaired) electrons. The van der Waals surface area contributed by atoms with E-state index in [1.54, 1.807) is 12.1 Å². The van der Waals surface area contributed by atoms with Crippen LogP contribution in [0.4, 0.5) is 0 Å². The smallest absolute Gasteiger partial charge is 0.334 e. The molecule has 0 amide bonds. The van der Waals surface area contributed by atoms with Gasteiger partial charge in [-0.1, -0.05) is 37.1 Å². The van der Waals surface area contributed by atoms with Crippen molar-refractivity contribution in [3.63, 3.8) is 0 Å². The second-order valence-electron chi connectivity index (χ2n) is 6.76. The van der Waals surface area contributed by atoms with E-state index in [1.165, 1.54) is 9.13 Å². The highest BCUT2D eigenvalue weighted by molar-refractivity contribution is 6.30. The Morgan fingerprint density at radius 3 is 2.56 bits per heavy atom. The molecule has 2 aromatic rings. The molecule has 0 aliphatic heterocycles. The van der Waals surface area contributed by atoms with E-state index in [9.17, 15) is 14.7 Å². The van der Waals surface area contributed by atoms with E-state index >= 15 is 0 Å². The Kier molecular flexibility index (Phi) is 5.33. The molecule has 2 unspecified atom stereocenters. The average Bonchev–Trinajstić information content (AvgIpc) is 3.04. The summed E-state index contributed by atoms with van der Waals surface area (Å²) in [5.74, 6) is 0.290. The zero-order chi connectivity index (χ0) is 18.0. The van der Waals surface area contributed by atoms with Crippen molar-refractivity contribution in [2.75, 3.05) is 0 Å². The van der Waals surface area contributed by atoms with Gasteiger partial charge in [0.25, 0.3) is 5.56 Å². The summed E-state index contributed by atoms with van der Waals surface area (Å²) < 4.78 is 2.62. The van der Waals surface area contributed by atoms with Crippen LogP contribution in [0.1, 0.15) is 44.2 Å². The Morgan fingerprint density at radius 2 is 1.92 bits per heavy atom. The molecule has 1 fully saturated rings. The summed E-state index contributed by atoms with van der Waals surface area (Å²) in [6.45, 7) is 2.45. The minimum Gasteiger partial charge on any atom is -0.494 e. The number of hydrogen-bond donors (Lipinski definition) is 1. The van der Waals surface area contributed by atoms with Gasteiger partial charge in [0, 0.05) is 17.6 Å². The summed E-state index contributed by atoms with van der Waals surface area (Å²) in [4.78, 5) is 25.1. The molecule has 1 aromatic heterocycles. The van der Waals surface area contributed by atoms with Crippen molar-refractivity contribution in [1.29, 1.82) is 0 Å². The van der Waals surface area contributed by atoms with Gasteiger partial charge in [-0.3, -0.25) is 13.9 Å². The average molecular weight is 363 g/mol. The SMILES string of the molecule is CCC1CCC(n2c(=O)cc(O)n(CCc3ccc(Cl)cc3)c2=O)C1. The molecule has 0 bridgehead atoms. The fraction of sp³-hybridized carbons (Fsp3) is 0.474. The number of rotatable bonds is 5. The number of halogens is 1. The van der Waals surface area contributed by atoms with Gasteiger partial charge in [0.2, 0.25) is 5.88 Å². The monoisotopic (exact) mass is 362 g/mol. The van der Waals surface area contributed by atoms with Crippen LogP contribution in [-0.2, 0) is 13.0 Å². The number of aromatic nitrogens is 2. The standard InChI is InChI=1S/C19H23ClN2O3/c1-2-13-5-8-16(11-13)22-18(24)12-17(23)21(19(22)25)10-9-14-3-6-15(20)7-4-14/h3-4,6-7,12-13,16,23H,2,5,8-11H2,1H3. The predicted molar refractivity (Wildman–Crippen MR) is 98.5 cm³/mol. The van der Waals surface area contributed by atoms with Crippen LogP contribution in [0.25, 0.3) is 0 Å². The molecule has 5 nitrogen and oxygen atoms in total. The van der Waals surface area contributed by atoms with Crippen LogP contribution in [0.5, 0.6) is 5.88 Å². The van der Waals surface area contributed by atoms with E-state index in [4.69, 9.17) is 11.6 Å². The summed E-state index contributed by atoms with van der Waals surface area (Å²) in [6, 6.07) is 8.47. The number of hydrogen-bond acceptors (Lipinski definition) is 3. The molecule has 0 saturated heterocycles. The molecule has 1 aliphatic rings. The Bertz CT molecular complexity index is 854. The maximum Gasteiger partial charge on any atom is 0.334 e. The number of nitrogens with zero attached hydrogens (tertiary/aromatic N) is 2. The Labute approximate surface area is 151 Å². The molecule has 1 aromatic carbocycles. The van der Waals surface area contributed by atoms with Crippen LogP contribution < -0.4 is 11.2 Å². The molecule has 1 heterocycles. The van der Waals surface area contributed by atoms with E-state index in [0.29, 0.717) is 23.9 Å². The van der Waals surface area contributed by atoms with Gasteiger partial charge in [0.15, 0.2) is 0 Å². The van der Waals surface area contributed by atoms with Crippen molar-refractivity contribution in [2.45, 2.75) is 51.6 Å². The van der Waals surface area contributed by atoms with Gasteiger partial charge in [-0.25, -0.2) is 4.79 Å². The topological polar surface area (TPSA) is 64.2 Å². The molecule has 25 heavy (non-hydrogen) atoms. The summed E-state index contributed by atoms with van der Waals surface area (Å²) in [7, 11) is 0. The predicted octanol–water partition coefficient (Wildman–Crippen LogP) is 3.36. The molecular weight excluding hydrogens is 340 g/mol. The lowest BCUT2D eigenvalue weighted by Gasteiger charge is -2.17.